The van der Waals surface area contributed by atoms with Gasteiger partial charge in [0.05, 0.1) is 23.1 Å². The van der Waals surface area contributed by atoms with Gasteiger partial charge in [-0.05, 0) is 92.7 Å². The van der Waals surface area contributed by atoms with Crippen LogP contribution in [0.2, 0.25) is 0 Å². The van der Waals surface area contributed by atoms with Crippen LogP contribution >= 0.6 is 0 Å². The topological polar surface area (TPSA) is 203 Å². The van der Waals surface area contributed by atoms with E-state index in [1.165, 1.54) is 19.1 Å². The van der Waals surface area contributed by atoms with E-state index in [9.17, 15) is 45.3 Å². The summed E-state index contributed by atoms with van der Waals surface area (Å²) in [5.41, 5.74) is -1.79. The molecular formula is C34H46O12. The van der Waals surface area contributed by atoms with Gasteiger partial charge in [0.15, 0.2) is 5.78 Å². The Labute approximate surface area is 267 Å². The van der Waals surface area contributed by atoms with E-state index in [2.05, 4.69) is 0 Å². The second-order valence-electron chi connectivity index (χ2n) is 13.3. The lowest BCUT2D eigenvalue weighted by molar-refractivity contribution is -0.315. The molecule has 12 nitrogen and oxygen atoms in total. The van der Waals surface area contributed by atoms with Crippen molar-refractivity contribution in [3.05, 3.63) is 34.9 Å². The van der Waals surface area contributed by atoms with Crippen molar-refractivity contribution in [1.29, 1.82) is 0 Å². The fourth-order valence-corrected chi connectivity index (χ4v) is 8.25. The number of ketones is 1. The van der Waals surface area contributed by atoms with Crippen LogP contribution in [0.15, 0.2) is 18.2 Å². The second-order valence-corrected chi connectivity index (χ2v) is 13.3. The van der Waals surface area contributed by atoms with Crippen LogP contribution in [0.1, 0.15) is 78.1 Å². The third kappa shape index (κ3) is 6.49. The molecule has 0 bridgehead atoms. The molecule has 0 amide bonds. The third-order valence-corrected chi connectivity index (χ3v) is 10.4. The number of benzene rings is 2. The van der Waals surface area contributed by atoms with Gasteiger partial charge in [-0.1, -0.05) is 18.9 Å². The van der Waals surface area contributed by atoms with Gasteiger partial charge in [-0.2, -0.15) is 0 Å². The first kappa shape index (κ1) is 34.5. The number of aromatic carboxylic acids is 1. The van der Waals surface area contributed by atoms with Crippen LogP contribution in [0.5, 0.6) is 11.5 Å². The minimum absolute atomic E-state index is 0.00606. The summed E-state index contributed by atoms with van der Waals surface area (Å²) in [7, 11) is 0. The molecular weight excluding hydrogens is 600 g/mol. The van der Waals surface area contributed by atoms with E-state index in [0.717, 1.165) is 31.7 Å². The SMILES string of the molecule is CC(=O)c1c(C)cc2cc(C(=O)O)cc(O[C@@H]3O[C@H](CO)[C@](O)(CC[C@H]4CCC[C@@H]5COC[C@@H](CCCO)[C@H]45)[C@H](O)[C@H]3O)c2c1O. The fraction of sp³-hybridized carbons (Fsp3) is 0.647. The van der Waals surface area contributed by atoms with Crippen molar-refractivity contribution in [2.75, 3.05) is 26.4 Å². The van der Waals surface area contributed by atoms with Crippen molar-refractivity contribution in [2.45, 2.75) is 89.0 Å². The van der Waals surface area contributed by atoms with E-state index in [1.54, 1.807) is 6.92 Å². The number of carboxylic acid groups (broad SMARTS) is 1. The Morgan fingerprint density at radius 3 is 2.50 bits per heavy atom. The van der Waals surface area contributed by atoms with Crippen LogP contribution in [-0.4, -0.2) is 104 Å². The van der Waals surface area contributed by atoms with E-state index in [-0.39, 0.29) is 52.5 Å². The monoisotopic (exact) mass is 646 g/mol. The summed E-state index contributed by atoms with van der Waals surface area (Å²) in [5, 5.41) is 75.1. The minimum Gasteiger partial charge on any atom is -0.506 e. The summed E-state index contributed by atoms with van der Waals surface area (Å²) in [6, 6.07) is 3.96. The average Bonchev–Trinajstić information content (AvgIpc) is 3.02. The Kier molecular flexibility index (Phi) is 10.6. The summed E-state index contributed by atoms with van der Waals surface area (Å²) in [4.78, 5) is 24.2. The van der Waals surface area contributed by atoms with E-state index in [4.69, 9.17) is 14.2 Å². The molecule has 2 heterocycles. The molecule has 1 saturated carbocycles. The van der Waals surface area contributed by atoms with Crippen molar-refractivity contribution < 1.29 is 59.5 Å². The number of aromatic hydroxyl groups is 1. The molecule has 46 heavy (non-hydrogen) atoms. The smallest absolute Gasteiger partial charge is 0.335 e. The number of fused-ring (bicyclic) bond motifs is 2. The number of hydrogen-bond donors (Lipinski definition) is 7. The van der Waals surface area contributed by atoms with Crippen molar-refractivity contribution >= 4 is 22.5 Å². The molecule has 7 N–H and O–H groups in total. The van der Waals surface area contributed by atoms with Gasteiger partial charge in [-0.3, -0.25) is 4.79 Å². The van der Waals surface area contributed by atoms with Gasteiger partial charge in [-0.15, -0.1) is 0 Å². The van der Waals surface area contributed by atoms with Crippen LogP contribution in [0.3, 0.4) is 0 Å². The highest BCUT2D eigenvalue weighted by atomic mass is 16.7. The van der Waals surface area contributed by atoms with Gasteiger partial charge < -0.3 is 50.0 Å². The molecule has 9 atom stereocenters. The first-order valence-electron chi connectivity index (χ1n) is 16.2. The molecule has 3 fully saturated rings. The Morgan fingerprint density at radius 2 is 1.83 bits per heavy atom. The van der Waals surface area contributed by atoms with Crippen LogP contribution in [-0.2, 0) is 9.47 Å². The highest BCUT2D eigenvalue weighted by Crippen LogP contribution is 2.48. The molecule has 3 aliphatic rings. The van der Waals surface area contributed by atoms with Gasteiger partial charge in [0, 0.05) is 19.8 Å². The number of phenolic OH excluding ortho intramolecular Hbond substituents is 1. The van der Waals surface area contributed by atoms with Gasteiger partial charge in [-0.25, -0.2) is 4.79 Å². The molecule has 0 aromatic heterocycles. The number of carboxylic acids is 1. The van der Waals surface area contributed by atoms with E-state index >= 15 is 0 Å². The lowest BCUT2D eigenvalue weighted by Gasteiger charge is -2.50. The van der Waals surface area contributed by atoms with Gasteiger partial charge >= 0.3 is 5.97 Å². The van der Waals surface area contributed by atoms with Crippen LogP contribution < -0.4 is 4.74 Å². The van der Waals surface area contributed by atoms with Crippen molar-refractivity contribution in [1.82, 2.24) is 0 Å². The largest absolute Gasteiger partial charge is 0.506 e. The molecule has 0 unspecified atom stereocenters. The lowest BCUT2D eigenvalue weighted by Crippen LogP contribution is -2.68. The van der Waals surface area contributed by atoms with Gasteiger partial charge in [0.1, 0.15) is 35.4 Å². The standard InChI is InChI=1S/C34H46O12/c1-17-11-22-12-23(32(41)42)13-24(28(22)29(38)26(17)18(2)37)45-33-30(39)31(40)34(43,25(14-36)46-33)9-8-19-5-3-6-20-15-44-16-21(27(19)20)7-4-10-35/h11-13,19-21,25,27,30-31,33,35-36,38-40,43H,3-10,14-16H2,1-2H3,(H,41,42)/t19-,20-,21-,25-,27-,30-,31-,33-,34-/m1/s1. The van der Waals surface area contributed by atoms with E-state index < -0.39 is 54.3 Å². The van der Waals surface area contributed by atoms with Crippen molar-refractivity contribution in [3.8, 4) is 11.5 Å². The summed E-state index contributed by atoms with van der Waals surface area (Å²) >= 11 is 0. The van der Waals surface area contributed by atoms with Crippen LogP contribution in [0.4, 0.5) is 0 Å². The molecule has 0 spiro atoms. The number of aryl methyl sites for hydroxylation is 1. The molecule has 0 radical (unpaired) electrons. The number of phenols is 1. The molecule has 5 rings (SSSR count). The number of ether oxygens (including phenoxy) is 3. The molecule has 2 saturated heterocycles. The summed E-state index contributed by atoms with van der Waals surface area (Å²) in [6.45, 7) is 3.57. The third-order valence-electron chi connectivity index (χ3n) is 10.4. The number of hydrogen-bond acceptors (Lipinski definition) is 11. The van der Waals surface area contributed by atoms with Gasteiger partial charge in [0.25, 0.3) is 0 Å². The molecule has 2 aromatic rings. The Balaban J connectivity index is 1.40. The highest BCUT2D eigenvalue weighted by Gasteiger charge is 2.56. The second kappa shape index (κ2) is 14.1. The number of carbonyl (C=O) groups is 2. The molecule has 1 aliphatic carbocycles. The lowest BCUT2D eigenvalue weighted by atomic mass is 9.62. The number of aliphatic hydroxyl groups is 5. The summed E-state index contributed by atoms with van der Waals surface area (Å²) < 4.78 is 17.7. The highest BCUT2D eigenvalue weighted by molar-refractivity contribution is 6.08. The predicted octanol–water partition coefficient (Wildman–Crippen LogP) is 2.54. The molecule has 254 valence electrons. The normalized spacial score (nSPS) is 33.0. The molecule has 2 aromatic carbocycles. The minimum atomic E-state index is -2.03. The molecule has 2 aliphatic heterocycles. The van der Waals surface area contributed by atoms with Gasteiger partial charge in [0.2, 0.25) is 6.29 Å². The maximum Gasteiger partial charge on any atom is 0.335 e. The van der Waals surface area contributed by atoms with Crippen molar-refractivity contribution in [2.24, 2.45) is 23.7 Å². The predicted molar refractivity (Wildman–Crippen MR) is 165 cm³/mol. The Hall–Kier alpha value is -2.84. The number of carbonyl (C=O) groups excluding carboxylic acids is 1. The van der Waals surface area contributed by atoms with Crippen LogP contribution in [0, 0.1) is 30.6 Å². The zero-order valence-corrected chi connectivity index (χ0v) is 26.3. The summed E-state index contributed by atoms with van der Waals surface area (Å²) in [6.07, 6.45) is -1.63. The zero-order chi connectivity index (χ0) is 33.3. The number of rotatable bonds is 11. The number of aliphatic hydroxyl groups excluding tert-OH is 4. The quantitative estimate of drug-likeness (QED) is 0.176. The Morgan fingerprint density at radius 1 is 1.07 bits per heavy atom. The fourth-order valence-electron chi connectivity index (χ4n) is 8.25. The summed E-state index contributed by atoms with van der Waals surface area (Å²) in [5.74, 6) is -1.20. The maximum atomic E-state index is 12.3. The zero-order valence-electron chi connectivity index (χ0n) is 26.3. The van der Waals surface area contributed by atoms with Crippen LogP contribution in [0.25, 0.3) is 10.8 Å². The van der Waals surface area contributed by atoms with Crippen molar-refractivity contribution in [3.63, 3.8) is 0 Å². The molecule has 12 heteroatoms. The van der Waals surface area contributed by atoms with E-state index in [0.29, 0.717) is 43.5 Å². The number of Topliss-reactive ketones (excluding diaryl/α,β-unsaturated/α-hetero) is 1. The maximum absolute atomic E-state index is 12.3. The first-order valence-corrected chi connectivity index (χ1v) is 16.2. The first-order chi connectivity index (χ1) is 21.9. The Bertz CT molecular complexity index is 1420. The van der Waals surface area contributed by atoms with E-state index in [1.807, 2.05) is 0 Å². The average molecular weight is 647 g/mol.